The molecule has 0 fully saturated rings. The van der Waals surface area contributed by atoms with E-state index < -0.39 is 45.9 Å². The first-order valence-electron chi connectivity index (χ1n) is 8.86. The van der Waals surface area contributed by atoms with Crippen LogP contribution in [0.2, 0.25) is 5.02 Å². The van der Waals surface area contributed by atoms with E-state index in [1.165, 1.54) is 30.3 Å². The molecular weight excluding hydrogens is 461 g/mol. The number of nitrogens with one attached hydrogen (secondary N) is 2. The first kappa shape index (κ1) is 24.5. The summed E-state index contributed by atoms with van der Waals surface area (Å²) in [6.45, 7) is 0.811. The average Bonchev–Trinajstić information content (AvgIpc) is 2.66. The molecule has 0 spiro atoms. The van der Waals surface area contributed by atoms with E-state index in [2.05, 4.69) is 4.72 Å². The number of amides is 1. The summed E-state index contributed by atoms with van der Waals surface area (Å²) in [5.41, 5.74) is -1.73. The molecule has 0 bridgehead atoms. The van der Waals surface area contributed by atoms with Gasteiger partial charge in [-0.2, -0.15) is 13.2 Å². The van der Waals surface area contributed by atoms with Gasteiger partial charge in [0.2, 0.25) is 10.0 Å². The molecule has 2 aromatic carbocycles. The Bertz CT molecular complexity index is 1070. The van der Waals surface area contributed by atoms with Crippen LogP contribution >= 0.6 is 11.6 Å². The van der Waals surface area contributed by atoms with E-state index >= 15 is 0 Å². The van der Waals surface area contributed by atoms with Crippen LogP contribution in [0.1, 0.15) is 29.3 Å². The fraction of sp³-hybridized carbons (Fsp3) is 0.263. The van der Waals surface area contributed by atoms with Gasteiger partial charge in [-0.3, -0.25) is 9.52 Å². The molecule has 12 heteroatoms. The van der Waals surface area contributed by atoms with Gasteiger partial charge >= 0.3 is 12.1 Å². The van der Waals surface area contributed by atoms with Crippen molar-refractivity contribution in [3.8, 4) is 0 Å². The van der Waals surface area contributed by atoms with E-state index in [1.54, 1.807) is 6.92 Å². The largest absolute Gasteiger partial charge is 0.452 e. The Balaban J connectivity index is 2.04. The predicted octanol–water partition coefficient (Wildman–Crippen LogP) is 4.31. The number of ether oxygens (including phenoxy) is 1. The van der Waals surface area contributed by atoms with Crippen molar-refractivity contribution in [1.82, 2.24) is 0 Å². The Labute approximate surface area is 181 Å². The highest BCUT2D eigenvalue weighted by molar-refractivity contribution is 7.92. The Kier molecular flexibility index (Phi) is 7.91. The van der Waals surface area contributed by atoms with E-state index in [0.29, 0.717) is 6.42 Å². The summed E-state index contributed by atoms with van der Waals surface area (Å²) >= 11 is 5.75. The molecule has 0 radical (unpaired) electrons. The third kappa shape index (κ3) is 7.14. The van der Waals surface area contributed by atoms with Gasteiger partial charge in [0.05, 0.1) is 27.6 Å². The standard InChI is InChI=1S/C19H18ClF3N2O5S/c1-2-9-31(28,29)25-13-6-3-5-12(10-13)18(27)30-11-16(26)24-17-14(19(21,22)23)7-4-8-15(17)20/h3-8,10,25H,2,9,11H2,1H3,(H,24,26). The molecule has 168 valence electrons. The number of carbonyl (C=O) groups is 2. The van der Waals surface area contributed by atoms with Crippen LogP contribution in [0, 0.1) is 0 Å². The first-order valence-corrected chi connectivity index (χ1v) is 10.9. The van der Waals surface area contributed by atoms with Gasteiger partial charge < -0.3 is 10.1 Å². The Morgan fingerprint density at radius 1 is 1.13 bits per heavy atom. The summed E-state index contributed by atoms with van der Waals surface area (Å²) in [6.07, 6.45) is -4.36. The monoisotopic (exact) mass is 478 g/mol. The number of halogens is 4. The number of sulfonamides is 1. The van der Waals surface area contributed by atoms with E-state index in [-0.39, 0.29) is 22.0 Å². The van der Waals surface area contributed by atoms with Gasteiger partial charge in [0.25, 0.3) is 5.91 Å². The lowest BCUT2D eigenvalue weighted by molar-refractivity contribution is -0.137. The predicted molar refractivity (Wildman–Crippen MR) is 110 cm³/mol. The molecule has 1 amide bonds. The molecule has 0 atom stereocenters. The van der Waals surface area contributed by atoms with Crippen molar-refractivity contribution in [3.63, 3.8) is 0 Å². The van der Waals surface area contributed by atoms with E-state index in [1.807, 2.05) is 5.32 Å². The minimum atomic E-state index is -4.75. The van der Waals surface area contributed by atoms with E-state index in [4.69, 9.17) is 16.3 Å². The molecule has 2 rings (SSSR count). The lowest BCUT2D eigenvalue weighted by Gasteiger charge is -2.15. The Morgan fingerprint density at radius 3 is 2.45 bits per heavy atom. The molecule has 2 N–H and O–H groups in total. The molecule has 0 heterocycles. The maximum Gasteiger partial charge on any atom is 0.418 e. The van der Waals surface area contributed by atoms with Gasteiger partial charge in [-0.05, 0) is 36.8 Å². The number of anilines is 2. The van der Waals surface area contributed by atoms with E-state index in [9.17, 15) is 31.2 Å². The van der Waals surface area contributed by atoms with Gasteiger partial charge in [0, 0.05) is 5.69 Å². The van der Waals surface area contributed by atoms with Crippen LogP contribution in [0.25, 0.3) is 0 Å². The molecule has 0 aliphatic heterocycles. The number of para-hydroxylation sites is 1. The molecule has 0 aliphatic carbocycles. The number of benzene rings is 2. The van der Waals surface area contributed by atoms with Crippen molar-refractivity contribution >= 4 is 44.9 Å². The highest BCUT2D eigenvalue weighted by atomic mass is 35.5. The van der Waals surface area contributed by atoms with Crippen LogP contribution in [-0.4, -0.2) is 32.7 Å². The maximum atomic E-state index is 13.1. The summed E-state index contributed by atoms with van der Waals surface area (Å²) in [7, 11) is -3.58. The summed E-state index contributed by atoms with van der Waals surface area (Å²) in [5.74, 6) is -2.11. The summed E-state index contributed by atoms with van der Waals surface area (Å²) < 4.78 is 70.0. The smallest absolute Gasteiger partial charge is 0.418 e. The van der Waals surface area contributed by atoms with Crippen molar-refractivity contribution in [3.05, 3.63) is 58.6 Å². The van der Waals surface area contributed by atoms with Crippen LogP contribution in [-0.2, 0) is 25.7 Å². The zero-order chi connectivity index (χ0) is 23.2. The van der Waals surface area contributed by atoms with Crippen molar-refractivity contribution in [1.29, 1.82) is 0 Å². The van der Waals surface area contributed by atoms with Gasteiger partial charge in [-0.1, -0.05) is 30.7 Å². The van der Waals surface area contributed by atoms with E-state index in [0.717, 1.165) is 12.1 Å². The first-order chi connectivity index (χ1) is 14.4. The lowest BCUT2D eigenvalue weighted by atomic mass is 10.1. The van der Waals surface area contributed by atoms with Crippen molar-refractivity contribution < 1.29 is 35.9 Å². The molecule has 2 aromatic rings. The number of hydrogen-bond donors (Lipinski definition) is 2. The average molecular weight is 479 g/mol. The second-order valence-electron chi connectivity index (χ2n) is 6.29. The van der Waals surface area contributed by atoms with Gasteiger partial charge in [0.15, 0.2) is 6.61 Å². The van der Waals surface area contributed by atoms with Gasteiger partial charge in [0.1, 0.15) is 0 Å². The third-order valence-electron chi connectivity index (χ3n) is 3.76. The normalized spacial score (nSPS) is 11.6. The summed E-state index contributed by atoms with van der Waals surface area (Å²) in [6, 6.07) is 8.37. The molecule has 0 saturated heterocycles. The molecule has 0 saturated carbocycles. The van der Waals surface area contributed by atoms with Gasteiger partial charge in [-0.15, -0.1) is 0 Å². The fourth-order valence-corrected chi connectivity index (χ4v) is 3.83. The van der Waals surface area contributed by atoms with Crippen molar-refractivity contribution in [2.75, 3.05) is 22.4 Å². The minimum absolute atomic E-state index is 0.0572. The topological polar surface area (TPSA) is 102 Å². The number of rotatable bonds is 8. The second-order valence-corrected chi connectivity index (χ2v) is 8.54. The Morgan fingerprint density at radius 2 is 1.81 bits per heavy atom. The molecule has 31 heavy (non-hydrogen) atoms. The van der Waals surface area contributed by atoms with Crippen LogP contribution in [0.15, 0.2) is 42.5 Å². The number of alkyl halides is 3. The zero-order valence-corrected chi connectivity index (χ0v) is 17.7. The molecule has 7 nitrogen and oxygen atoms in total. The SMILES string of the molecule is CCCS(=O)(=O)Nc1cccc(C(=O)OCC(=O)Nc2c(Cl)cccc2C(F)(F)F)c1. The summed E-state index contributed by atoms with van der Waals surface area (Å²) in [4.78, 5) is 24.2. The van der Waals surface area contributed by atoms with Crippen LogP contribution in [0.3, 0.4) is 0 Å². The van der Waals surface area contributed by atoms with Crippen LogP contribution < -0.4 is 10.0 Å². The summed E-state index contributed by atoms with van der Waals surface area (Å²) in [5, 5.41) is 1.66. The van der Waals surface area contributed by atoms with Crippen LogP contribution in [0.5, 0.6) is 0 Å². The third-order valence-corrected chi connectivity index (χ3v) is 5.57. The van der Waals surface area contributed by atoms with Crippen molar-refractivity contribution in [2.24, 2.45) is 0 Å². The lowest BCUT2D eigenvalue weighted by Crippen LogP contribution is -2.23. The minimum Gasteiger partial charge on any atom is -0.452 e. The number of hydrogen-bond acceptors (Lipinski definition) is 5. The highest BCUT2D eigenvalue weighted by Crippen LogP contribution is 2.38. The number of carbonyl (C=O) groups excluding carboxylic acids is 2. The van der Waals surface area contributed by atoms with Crippen LogP contribution in [0.4, 0.5) is 24.5 Å². The van der Waals surface area contributed by atoms with Crippen molar-refractivity contribution in [2.45, 2.75) is 19.5 Å². The zero-order valence-electron chi connectivity index (χ0n) is 16.1. The molecule has 0 aromatic heterocycles. The molecule has 0 aliphatic rings. The molecule has 0 unspecified atom stereocenters. The van der Waals surface area contributed by atoms with Gasteiger partial charge in [-0.25, -0.2) is 13.2 Å². The maximum absolute atomic E-state index is 13.1. The number of esters is 1. The molecular formula is C19H18ClF3N2O5S. The highest BCUT2D eigenvalue weighted by Gasteiger charge is 2.34. The fourth-order valence-electron chi connectivity index (χ4n) is 2.49. The Hall–Kier alpha value is -2.79. The quantitative estimate of drug-likeness (QED) is 0.551. The second kappa shape index (κ2) is 10.0.